The predicted octanol–water partition coefficient (Wildman–Crippen LogP) is 2.20. The van der Waals surface area contributed by atoms with E-state index in [-0.39, 0.29) is 29.9 Å². The number of urea groups is 1. The van der Waals surface area contributed by atoms with Crippen molar-refractivity contribution in [1.29, 1.82) is 0 Å². The van der Waals surface area contributed by atoms with Crippen molar-refractivity contribution in [3.63, 3.8) is 0 Å². The molecule has 7 heteroatoms. The fourth-order valence-corrected chi connectivity index (χ4v) is 4.57. The summed E-state index contributed by atoms with van der Waals surface area (Å²) in [6, 6.07) is -0.444. The number of amides is 4. The first kappa shape index (κ1) is 20.1. The molecule has 1 saturated carbocycles. The van der Waals surface area contributed by atoms with Gasteiger partial charge in [-0.05, 0) is 49.9 Å². The number of hydrogen-bond donors (Lipinski definition) is 2. The molecule has 0 radical (unpaired) electrons. The summed E-state index contributed by atoms with van der Waals surface area (Å²) in [4.78, 5) is 38.6. The monoisotopic (exact) mass is 379 g/mol. The summed E-state index contributed by atoms with van der Waals surface area (Å²) >= 11 is 0. The molecule has 0 aromatic rings. The van der Waals surface area contributed by atoms with E-state index in [9.17, 15) is 14.4 Å². The first-order chi connectivity index (χ1) is 12.8. The number of nitrogens with zero attached hydrogens (tertiary/aromatic N) is 1. The van der Waals surface area contributed by atoms with Crippen LogP contribution < -0.4 is 10.6 Å². The zero-order chi connectivity index (χ0) is 19.7. The molecule has 3 fully saturated rings. The van der Waals surface area contributed by atoms with E-state index in [0.29, 0.717) is 25.3 Å². The molecule has 152 valence electrons. The molecule has 3 rings (SSSR count). The van der Waals surface area contributed by atoms with E-state index in [4.69, 9.17) is 4.74 Å². The van der Waals surface area contributed by atoms with Crippen LogP contribution in [-0.2, 0) is 14.3 Å². The molecule has 4 amide bonds. The zero-order valence-corrected chi connectivity index (χ0v) is 16.8. The van der Waals surface area contributed by atoms with Gasteiger partial charge in [0.2, 0.25) is 5.91 Å². The van der Waals surface area contributed by atoms with Crippen LogP contribution in [0.3, 0.4) is 0 Å². The Morgan fingerprint density at radius 1 is 1.30 bits per heavy atom. The lowest BCUT2D eigenvalue weighted by atomic mass is 9.65. The van der Waals surface area contributed by atoms with Crippen molar-refractivity contribution in [3.05, 3.63) is 0 Å². The average molecular weight is 380 g/mol. The number of carbonyl (C=O) groups is 3. The van der Waals surface area contributed by atoms with Gasteiger partial charge in [-0.15, -0.1) is 0 Å². The molecular weight excluding hydrogens is 346 g/mol. The minimum Gasteiger partial charge on any atom is -0.376 e. The number of hydrogen-bond acceptors (Lipinski definition) is 4. The Balaban J connectivity index is 1.54. The summed E-state index contributed by atoms with van der Waals surface area (Å²) < 4.78 is 5.48. The van der Waals surface area contributed by atoms with Crippen LogP contribution in [0.15, 0.2) is 0 Å². The summed E-state index contributed by atoms with van der Waals surface area (Å²) in [5, 5.41) is 5.68. The van der Waals surface area contributed by atoms with Gasteiger partial charge in [-0.1, -0.05) is 27.2 Å². The summed E-state index contributed by atoms with van der Waals surface area (Å²) in [6.45, 7) is 7.69. The Kier molecular flexibility index (Phi) is 5.79. The van der Waals surface area contributed by atoms with Crippen LogP contribution in [0, 0.1) is 11.3 Å². The lowest BCUT2D eigenvalue weighted by molar-refractivity contribution is -0.136. The van der Waals surface area contributed by atoms with E-state index in [1.807, 2.05) is 0 Å². The highest BCUT2D eigenvalue weighted by Gasteiger charge is 2.53. The lowest BCUT2D eigenvalue weighted by Crippen LogP contribution is -2.51. The number of carbonyl (C=O) groups excluding carboxylic acids is 3. The molecule has 2 heterocycles. The second-order valence-electron chi connectivity index (χ2n) is 8.96. The molecule has 1 spiro atoms. The normalized spacial score (nSPS) is 31.4. The van der Waals surface area contributed by atoms with Gasteiger partial charge >= 0.3 is 6.03 Å². The molecule has 7 nitrogen and oxygen atoms in total. The van der Waals surface area contributed by atoms with E-state index in [2.05, 4.69) is 31.4 Å². The molecule has 2 N–H and O–H groups in total. The van der Waals surface area contributed by atoms with Gasteiger partial charge in [-0.3, -0.25) is 14.5 Å². The molecule has 3 aliphatic rings. The van der Waals surface area contributed by atoms with Crippen molar-refractivity contribution in [2.75, 3.05) is 19.7 Å². The summed E-state index contributed by atoms with van der Waals surface area (Å²) in [5.74, 6) is 0.000889. The number of ether oxygens (including phenoxy) is 1. The smallest absolute Gasteiger partial charge is 0.325 e. The van der Waals surface area contributed by atoms with Gasteiger partial charge in [0.05, 0.1) is 6.10 Å². The standard InChI is InChI=1S/C20H33N3O4/c1-4-19(2,3)14-7-9-20(10-8-14)17(25)23(18(26)22-20)13-16(24)21-12-15-6-5-11-27-15/h14-15H,4-13H2,1-3H3,(H,21,24)(H,22,26). The van der Waals surface area contributed by atoms with Gasteiger partial charge in [0, 0.05) is 13.2 Å². The van der Waals surface area contributed by atoms with Gasteiger partial charge in [-0.25, -0.2) is 4.79 Å². The zero-order valence-electron chi connectivity index (χ0n) is 16.8. The lowest BCUT2D eigenvalue weighted by Gasteiger charge is -2.42. The highest BCUT2D eigenvalue weighted by Crippen LogP contribution is 2.45. The molecule has 2 saturated heterocycles. The van der Waals surface area contributed by atoms with E-state index in [1.165, 1.54) is 0 Å². The Bertz CT molecular complexity index is 590. The highest BCUT2D eigenvalue weighted by atomic mass is 16.5. The third-order valence-corrected chi connectivity index (χ3v) is 6.95. The van der Waals surface area contributed by atoms with Gasteiger partial charge < -0.3 is 15.4 Å². The quantitative estimate of drug-likeness (QED) is 0.693. The number of rotatable bonds is 6. The Morgan fingerprint density at radius 3 is 2.59 bits per heavy atom. The maximum atomic E-state index is 13.0. The third kappa shape index (κ3) is 4.13. The van der Waals surface area contributed by atoms with Crippen LogP contribution in [0.5, 0.6) is 0 Å². The third-order valence-electron chi connectivity index (χ3n) is 6.95. The maximum Gasteiger partial charge on any atom is 0.325 e. The second kappa shape index (κ2) is 7.78. The Labute approximate surface area is 161 Å². The molecule has 2 aliphatic heterocycles. The first-order valence-corrected chi connectivity index (χ1v) is 10.3. The van der Waals surface area contributed by atoms with E-state index < -0.39 is 11.6 Å². The molecule has 0 bridgehead atoms. The van der Waals surface area contributed by atoms with Gasteiger partial charge in [0.15, 0.2) is 0 Å². The largest absolute Gasteiger partial charge is 0.376 e. The fourth-order valence-electron chi connectivity index (χ4n) is 4.57. The van der Waals surface area contributed by atoms with Crippen LogP contribution in [0.4, 0.5) is 4.79 Å². The van der Waals surface area contributed by atoms with Crippen molar-refractivity contribution < 1.29 is 19.1 Å². The van der Waals surface area contributed by atoms with Crippen molar-refractivity contribution in [1.82, 2.24) is 15.5 Å². The number of nitrogens with one attached hydrogen (secondary N) is 2. The van der Waals surface area contributed by atoms with Crippen LogP contribution in [-0.4, -0.2) is 54.1 Å². The van der Waals surface area contributed by atoms with Crippen molar-refractivity contribution >= 4 is 17.8 Å². The average Bonchev–Trinajstić information content (AvgIpc) is 3.24. The number of imide groups is 1. The van der Waals surface area contributed by atoms with Gasteiger partial charge in [0.25, 0.3) is 5.91 Å². The minimum atomic E-state index is -0.813. The molecule has 1 unspecified atom stereocenters. The molecular formula is C20H33N3O4. The van der Waals surface area contributed by atoms with Crippen LogP contribution in [0.2, 0.25) is 0 Å². The topological polar surface area (TPSA) is 87.7 Å². The van der Waals surface area contributed by atoms with E-state index in [0.717, 1.165) is 43.6 Å². The van der Waals surface area contributed by atoms with Crippen molar-refractivity contribution in [3.8, 4) is 0 Å². The summed E-state index contributed by atoms with van der Waals surface area (Å²) in [7, 11) is 0. The fraction of sp³-hybridized carbons (Fsp3) is 0.850. The minimum absolute atomic E-state index is 0.0422. The molecule has 27 heavy (non-hydrogen) atoms. The highest BCUT2D eigenvalue weighted by molar-refractivity contribution is 6.09. The molecule has 0 aromatic carbocycles. The van der Waals surface area contributed by atoms with E-state index >= 15 is 0 Å². The molecule has 1 aliphatic carbocycles. The second-order valence-corrected chi connectivity index (χ2v) is 8.96. The molecule has 1 atom stereocenters. The SMILES string of the molecule is CCC(C)(C)C1CCC2(CC1)NC(=O)N(CC(=O)NCC1CCCO1)C2=O. The van der Waals surface area contributed by atoms with Crippen molar-refractivity contribution in [2.24, 2.45) is 11.3 Å². The van der Waals surface area contributed by atoms with Crippen molar-refractivity contribution in [2.45, 2.75) is 77.4 Å². The first-order valence-electron chi connectivity index (χ1n) is 10.3. The van der Waals surface area contributed by atoms with E-state index in [1.54, 1.807) is 0 Å². The Morgan fingerprint density at radius 2 is 2.00 bits per heavy atom. The van der Waals surface area contributed by atoms with Crippen LogP contribution >= 0.6 is 0 Å². The molecule has 0 aromatic heterocycles. The van der Waals surface area contributed by atoms with Gasteiger partial charge in [-0.2, -0.15) is 0 Å². The van der Waals surface area contributed by atoms with Gasteiger partial charge in [0.1, 0.15) is 12.1 Å². The Hall–Kier alpha value is -1.63. The maximum absolute atomic E-state index is 13.0. The summed E-state index contributed by atoms with van der Waals surface area (Å²) in [5.41, 5.74) is -0.568. The van der Waals surface area contributed by atoms with Crippen LogP contribution in [0.25, 0.3) is 0 Å². The predicted molar refractivity (Wildman–Crippen MR) is 101 cm³/mol. The van der Waals surface area contributed by atoms with Crippen LogP contribution in [0.1, 0.15) is 65.7 Å². The summed E-state index contributed by atoms with van der Waals surface area (Å²) in [6.07, 6.45) is 6.23.